The number of carbonyl (C=O) groups excluding carboxylic acids is 1. The van der Waals surface area contributed by atoms with Gasteiger partial charge in [-0.3, -0.25) is 0 Å². The Morgan fingerprint density at radius 2 is 0.911 bits per heavy atom. The fourth-order valence-electron chi connectivity index (χ4n) is 8.17. The summed E-state index contributed by atoms with van der Waals surface area (Å²) in [7, 11) is 0. The maximum atomic E-state index is 14.0. The molecule has 0 saturated carbocycles. The Morgan fingerprint density at radius 3 is 1.42 bits per heavy atom. The smallest absolute Gasteiger partial charge is 0.338 e. The van der Waals surface area contributed by atoms with E-state index in [0.717, 1.165) is 23.6 Å². The topological polar surface area (TPSA) is 26.3 Å². The van der Waals surface area contributed by atoms with Gasteiger partial charge < -0.3 is 4.74 Å². The highest BCUT2D eigenvalue weighted by Crippen LogP contribution is 2.48. The maximum absolute atomic E-state index is 14.0. The van der Waals surface area contributed by atoms with Gasteiger partial charge >= 0.3 is 5.97 Å². The molecule has 7 aromatic rings. The Morgan fingerprint density at radius 1 is 0.511 bits per heavy atom. The fourth-order valence-corrected chi connectivity index (χ4v) is 8.17. The lowest BCUT2D eigenvalue weighted by Gasteiger charge is -2.22. The van der Waals surface area contributed by atoms with E-state index in [9.17, 15) is 4.79 Å². The first kappa shape index (κ1) is 30.0. The summed E-state index contributed by atoms with van der Waals surface area (Å²) in [6.45, 7) is 5.08. The molecule has 45 heavy (non-hydrogen) atoms. The van der Waals surface area contributed by atoms with Crippen molar-refractivity contribution in [3.05, 3.63) is 72.3 Å². The highest BCUT2D eigenvalue weighted by molar-refractivity contribution is 6.45. The van der Waals surface area contributed by atoms with Gasteiger partial charge in [-0.1, -0.05) is 152 Å². The van der Waals surface area contributed by atoms with Crippen molar-refractivity contribution in [2.24, 2.45) is 5.92 Å². The summed E-state index contributed by atoms with van der Waals surface area (Å²) in [6, 6.07) is 24.4. The molecule has 0 atom stereocenters. The van der Waals surface area contributed by atoms with Crippen LogP contribution < -0.4 is 0 Å². The Labute approximate surface area is 268 Å². The molecule has 0 aliphatic heterocycles. The van der Waals surface area contributed by atoms with Crippen LogP contribution in [0.5, 0.6) is 0 Å². The molecule has 0 aromatic heterocycles. The van der Waals surface area contributed by atoms with Crippen molar-refractivity contribution in [1.29, 1.82) is 0 Å². The zero-order chi connectivity index (χ0) is 30.8. The van der Waals surface area contributed by atoms with Gasteiger partial charge in [0, 0.05) is 0 Å². The first-order valence-electron chi connectivity index (χ1n) is 18.0. The van der Waals surface area contributed by atoms with Crippen molar-refractivity contribution in [1.82, 2.24) is 0 Å². The Kier molecular flexibility index (Phi) is 8.92. The molecule has 232 valence electrons. The summed E-state index contributed by atoms with van der Waals surface area (Å²) < 4.78 is 6.25. The lowest BCUT2D eigenvalue weighted by molar-refractivity contribution is 0.0424. The van der Waals surface area contributed by atoms with Crippen LogP contribution in [0.3, 0.4) is 0 Å². The number of carbonyl (C=O) groups is 1. The summed E-state index contributed by atoms with van der Waals surface area (Å²) in [5, 5.41) is 15.0. The van der Waals surface area contributed by atoms with Gasteiger partial charge in [-0.2, -0.15) is 0 Å². The third kappa shape index (κ3) is 5.66. The molecular weight excluding hydrogens is 548 g/mol. The van der Waals surface area contributed by atoms with Crippen LogP contribution in [0.4, 0.5) is 0 Å². The first-order chi connectivity index (χ1) is 22.2. The van der Waals surface area contributed by atoms with E-state index < -0.39 is 0 Å². The van der Waals surface area contributed by atoms with Crippen molar-refractivity contribution in [2.45, 2.75) is 104 Å². The van der Waals surface area contributed by atoms with Gasteiger partial charge in [0.25, 0.3) is 0 Å². The van der Waals surface area contributed by atoms with Crippen LogP contribution >= 0.6 is 0 Å². The van der Waals surface area contributed by atoms with Gasteiger partial charge in [-0.05, 0) is 89.5 Å². The van der Waals surface area contributed by atoms with E-state index >= 15 is 0 Å². The second kappa shape index (κ2) is 13.4. The van der Waals surface area contributed by atoms with Crippen LogP contribution in [0.25, 0.3) is 64.6 Å². The quantitative estimate of drug-likeness (QED) is 0.0452. The Hall–Kier alpha value is -3.65. The van der Waals surface area contributed by atoms with Crippen LogP contribution in [0.2, 0.25) is 0 Å². The average Bonchev–Trinajstić information content (AvgIpc) is 3.08. The van der Waals surface area contributed by atoms with Gasteiger partial charge in [0.2, 0.25) is 0 Å². The number of rotatable bonds is 17. The molecule has 0 saturated heterocycles. The molecule has 2 heteroatoms. The highest BCUT2D eigenvalue weighted by Gasteiger charge is 2.24. The van der Waals surface area contributed by atoms with Crippen LogP contribution in [-0.2, 0) is 4.74 Å². The number of hydrogen-bond donors (Lipinski definition) is 0. The number of ether oxygens (including phenoxy) is 1. The minimum Gasteiger partial charge on any atom is -0.462 e. The highest BCUT2D eigenvalue weighted by atomic mass is 16.5. The van der Waals surface area contributed by atoms with Gasteiger partial charge in [-0.15, -0.1) is 0 Å². The van der Waals surface area contributed by atoms with Crippen molar-refractivity contribution in [3.63, 3.8) is 0 Å². The maximum Gasteiger partial charge on any atom is 0.338 e. The van der Waals surface area contributed by atoms with E-state index in [4.69, 9.17) is 4.74 Å². The van der Waals surface area contributed by atoms with E-state index in [1.807, 2.05) is 0 Å². The molecule has 0 bridgehead atoms. The van der Waals surface area contributed by atoms with E-state index in [1.165, 1.54) is 131 Å². The predicted molar refractivity (Wildman–Crippen MR) is 195 cm³/mol. The molecule has 0 aliphatic carbocycles. The summed E-state index contributed by atoms with van der Waals surface area (Å²) in [5.41, 5.74) is 0.709. The van der Waals surface area contributed by atoms with Crippen LogP contribution in [-0.4, -0.2) is 12.6 Å². The lowest BCUT2D eigenvalue weighted by Crippen LogP contribution is -2.15. The standard InChI is InChI=1S/C43H48O2/c1-3-5-7-9-11-13-15-29(16-14-12-10-8-6-4-2)28-45-43(44)36-27-34-24-23-32-20-18-30-17-19-31-21-22-33-25-26-35(36)42-40(33)38(31)37(30)39(32)41(34)42/h17-27,29H,3-16,28H2,1-2H3. The number of benzene rings is 7. The summed E-state index contributed by atoms with van der Waals surface area (Å²) in [4.78, 5) is 14.0. The molecule has 0 aliphatic rings. The number of unbranched alkanes of at least 4 members (excludes halogenated alkanes) is 10. The molecule has 0 spiro atoms. The van der Waals surface area contributed by atoms with Gasteiger partial charge in [0.1, 0.15) is 0 Å². The normalized spacial score (nSPS) is 12.5. The minimum atomic E-state index is -0.170. The third-order valence-electron chi connectivity index (χ3n) is 10.6. The fraction of sp³-hybridized carbons (Fsp3) is 0.419. The number of esters is 1. The molecule has 0 heterocycles. The first-order valence-corrected chi connectivity index (χ1v) is 18.0. The molecule has 0 amide bonds. The molecule has 0 N–H and O–H groups in total. The summed E-state index contributed by atoms with van der Waals surface area (Å²) >= 11 is 0. The van der Waals surface area contributed by atoms with Gasteiger partial charge in [-0.25, -0.2) is 4.79 Å². The molecule has 0 unspecified atom stereocenters. The van der Waals surface area contributed by atoms with E-state index in [0.29, 0.717) is 18.1 Å². The van der Waals surface area contributed by atoms with E-state index in [2.05, 4.69) is 80.6 Å². The Balaban J connectivity index is 1.19. The molecule has 2 nitrogen and oxygen atoms in total. The molecule has 0 fully saturated rings. The average molecular weight is 597 g/mol. The second-order valence-corrected chi connectivity index (χ2v) is 13.7. The molecule has 0 radical (unpaired) electrons. The van der Waals surface area contributed by atoms with Crippen molar-refractivity contribution in [2.75, 3.05) is 6.61 Å². The largest absolute Gasteiger partial charge is 0.462 e. The second-order valence-electron chi connectivity index (χ2n) is 13.7. The van der Waals surface area contributed by atoms with Crippen molar-refractivity contribution in [3.8, 4) is 0 Å². The van der Waals surface area contributed by atoms with Gasteiger partial charge in [0.15, 0.2) is 0 Å². The van der Waals surface area contributed by atoms with Crippen molar-refractivity contribution >= 4 is 70.6 Å². The molecule has 7 aromatic carbocycles. The van der Waals surface area contributed by atoms with Crippen LogP contribution in [0.1, 0.15) is 114 Å². The SMILES string of the molecule is CCCCCCCCC(CCCCCCCC)COC(=O)c1cc2ccc3ccc4ccc5ccc6ccc1c1c6c5c4c3c21. The lowest BCUT2D eigenvalue weighted by atomic mass is 9.82. The third-order valence-corrected chi connectivity index (χ3v) is 10.6. The Bertz CT molecular complexity index is 1940. The monoisotopic (exact) mass is 596 g/mol. The van der Waals surface area contributed by atoms with Crippen LogP contribution in [0, 0.1) is 5.92 Å². The van der Waals surface area contributed by atoms with E-state index in [-0.39, 0.29) is 5.97 Å². The summed E-state index contributed by atoms with van der Waals surface area (Å²) in [6.07, 6.45) is 18.0. The molecule has 7 rings (SSSR count). The van der Waals surface area contributed by atoms with Crippen molar-refractivity contribution < 1.29 is 9.53 Å². The summed E-state index contributed by atoms with van der Waals surface area (Å²) in [5.74, 6) is 0.276. The van der Waals surface area contributed by atoms with Gasteiger partial charge in [0.05, 0.1) is 12.2 Å². The predicted octanol–water partition coefficient (Wildman–Crippen LogP) is 13.2. The minimum absolute atomic E-state index is 0.170. The zero-order valence-electron chi connectivity index (χ0n) is 27.4. The van der Waals surface area contributed by atoms with Crippen LogP contribution in [0.15, 0.2) is 66.7 Å². The zero-order valence-corrected chi connectivity index (χ0v) is 27.4. The number of hydrogen-bond acceptors (Lipinski definition) is 2. The molecular formula is C43H48O2. The van der Waals surface area contributed by atoms with E-state index in [1.54, 1.807) is 0 Å².